The van der Waals surface area contributed by atoms with E-state index in [2.05, 4.69) is 24.2 Å². The minimum absolute atomic E-state index is 1.23. The fourth-order valence-electron chi connectivity index (χ4n) is 4.09. The van der Waals surface area contributed by atoms with Crippen molar-refractivity contribution < 1.29 is 0 Å². The van der Waals surface area contributed by atoms with E-state index < -0.39 is 13.3 Å². The summed E-state index contributed by atoms with van der Waals surface area (Å²) in [5, 5.41) is 1.58. The van der Waals surface area contributed by atoms with Crippen LogP contribution < -0.4 is 0 Å². The molecule has 0 aliphatic rings. The Morgan fingerprint density at radius 2 is 0.556 bits per heavy atom. The average molecular weight is 441 g/mol. The molecule has 164 valence electrons. The van der Waals surface area contributed by atoms with Crippen molar-refractivity contribution in [3.05, 3.63) is 0 Å². The summed E-state index contributed by atoms with van der Waals surface area (Å²) in [5.41, 5.74) is 0. The fourth-order valence-corrected chi connectivity index (χ4v) is 6.84. The molecule has 0 atom stereocenters. The number of unbranched alkanes of at least 4 members (excludes halogenated alkanes) is 20. The maximum absolute atomic E-state index is 2.55. The van der Waals surface area contributed by atoms with Gasteiger partial charge in [-0.1, -0.05) is 71.1 Å². The molecule has 0 spiro atoms. The van der Waals surface area contributed by atoms with E-state index in [0.717, 1.165) is 0 Å². The Balaban J connectivity index is 3.01. The fraction of sp³-hybridized carbons (Fsp3) is 1.00. The van der Waals surface area contributed by atoms with Gasteiger partial charge in [0.05, 0.1) is 0 Å². The van der Waals surface area contributed by atoms with Crippen LogP contribution in [0.4, 0.5) is 0 Å². The first-order valence-corrected chi connectivity index (χ1v) is 20.8. The summed E-state index contributed by atoms with van der Waals surface area (Å²) < 4.78 is 0. The molecule has 0 amide bonds. The van der Waals surface area contributed by atoms with E-state index in [-0.39, 0.29) is 0 Å². The molecule has 0 rings (SSSR count). The second kappa shape index (κ2) is 21.3. The zero-order valence-corrected chi connectivity index (χ0v) is 22.2. The average Bonchev–Trinajstić information content (AvgIpc) is 2.62. The van der Waals surface area contributed by atoms with E-state index in [4.69, 9.17) is 0 Å². The van der Waals surface area contributed by atoms with Crippen molar-refractivity contribution in [3.8, 4) is 0 Å². The van der Waals surface area contributed by atoms with Crippen LogP contribution in [0, 0.1) is 0 Å². The van der Waals surface area contributed by atoms with Crippen LogP contribution in [-0.2, 0) is 0 Å². The van der Waals surface area contributed by atoms with Crippen molar-refractivity contribution in [2.45, 2.75) is 164 Å². The van der Waals surface area contributed by atoms with Gasteiger partial charge in [-0.05, 0) is 0 Å². The molecule has 1 heteroatoms. The molecule has 0 aliphatic heterocycles. The molecule has 0 aromatic rings. The second-order valence-electron chi connectivity index (χ2n) is 10.4. The summed E-state index contributed by atoms with van der Waals surface area (Å²) >= 11 is -1.23. The molecule has 27 heavy (non-hydrogen) atoms. The maximum atomic E-state index is 2.55. The van der Waals surface area contributed by atoms with Gasteiger partial charge in [0, 0.05) is 0 Å². The van der Waals surface area contributed by atoms with Crippen LogP contribution in [0.5, 0.6) is 0 Å². The Hall–Kier alpha value is 0.543. The van der Waals surface area contributed by atoms with E-state index in [1.165, 1.54) is 135 Å². The van der Waals surface area contributed by atoms with Gasteiger partial charge in [0.1, 0.15) is 0 Å². The summed E-state index contributed by atoms with van der Waals surface area (Å²) in [6.07, 6.45) is 31.2. The van der Waals surface area contributed by atoms with Gasteiger partial charge in [0.25, 0.3) is 0 Å². The van der Waals surface area contributed by atoms with Gasteiger partial charge >= 0.3 is 106 Å². The Bertz CT molecular complexity index is 266. The predicted molar refractivity (Wildman–Crippen MR) is 131 cm³/mol. The molecular weight excluding hydrogens is 385 g/mol. The Kier molecular flexibility index (Phi) is 21.7. The molecule has 0 radical (unpaired) electrons. The quantitative estimate of drug-likeness (QED) is 0.116. The van der Waals surface area contributed by atoms with E-state index in [1.54, 1.807) is 5.25 Å². The molecule has 0 saturated carbocycles. The molecule has 0 aromatic carbocycles. The Labute approximate surface area is 177 Å². The van der Waals surface area contributed by atoms with Crippen molar-refractivity contribution in [1.29, 1.82) is 0 Å². The molecule has 0 aromatic heterocycles. The van der Waals surface area contributed by atoms with Gasteiger partial charge in [0.2, 0.25) is 0 Å². The first kappa shape index (κ1) is 27.5. The zero-order chi connectivity index (χ0) is 20.1. The van der Waals surface area contributed by atoms with Crippen LogP contribution in [0.25, 0.3) is 0 Å². The summed E-state index contributed by atoms with van der Waals surface area (Å²) in [7, 11) is 0. The number of rotatable bonds is 22. The van der Waals surface area contributed by atoms with E-state index in [0.29, 0.717) is 0 Å². The van der Waals surface area contributed by atoms with Crippen molar-refractivity contribution in [2.75, 3.05) is 0 Å². The topological polar surface area (TPSA) is 0 Å². The Morgan fingerprint density at radius 3 is 0.778 bits per heavy atom. The van der Waals surface area contributed by atoms with E-state index in [1.807, 2.05) is 0 Å². The summed E-state index contributed by atoms with van der Waals surface area (Å²) in [6, 6.07) is 0. The minimum atomic E-state index is -1.23. The third-order valence-electron chi connectivity index (χ3n) is 6.03. The van der Waals surface area contributed by atoms with Gasteiger partial charge < -0.3 is 0 Å². The van der Waals surface area contributed by atoms with Crippen LogP contribution in [0.3, 0.4) is 0 Å². The normalized spacial score (nSPS) is 12.0. The summed E-state index contributed by atoms with van der Waals surface area (Å²) in [6.45, 7) is 2.30. The SMILES string of the molecule is CCCCCCCCCCCCCCCCCCCCCC[CH2][Ge]([CH3])([CH3])[CH3]. The van der Waals surface area contributed by atoms with Gasteiger partial charge in [0.15, 0.2) is 0 Å². The van der Waals surface area contributed by atoms with Crippen LogP contribution in [-0.4, -0.2) is 13.3 Å². The molecule has 0 N–H and O–H groups in total. The van der Waals surface area contributed by atoms with E-state index in [9.17, 15) is 0 Å². The molecule has 0 aliphatic carbocycles. The molecule has 0 saturated heterocycles. The van der Waals surface area contributed by atoms with Gasteiger partial charge in [-0.15, -0.1) is 0 Å². The second-order valence-corrected chi connectivity index (χ2v) is 22.2. The summed E-state index contributed by atoms with van der Waals surface area (Å²) in [5.74, 6) is 7.66. The van der Waals surface area contributed by atoms with Crippen LogP contribution in [0.2, 0.25) is 22.5 Å². The third kappa shape index (κ3) is 26.5. The van der Waals surface area contributed by atoms with Crippen LogP contribution in [0.15, 0.2) is 0 Å². The van der Waals surface area contributed by atoms with Gasteiger partial charge in [-0.3, -0.25) is 0 Å². The van der Waals surface area contributed by atoms with Crippen LogP contribution in [0.1, 0.15) is 142 Å². The van der Waals surface area contributed by atoms with E-state index >= 15 is 0 Å². The monoisotopic (exact) mass is 442 g/mol. The third-order valence-corrected chi connectivity index (χ3v) is 9.92. The first-order chi connectivity index (χ1) is 13.1. The molecule has 0 fully saturated rings. The summed E-state index contributed by atoms with van der Waals surface area (Å²) in [4.78, 5) is 0. The van der Waals surface area contributed by atoms with Crippen molar-refractivity contribution in [2.24, 2.45) is 0 Å². The van der Waals surface area contributed by atoms with Crippen molar-refractivity contribution in [1.82, 2.24) is 0 Å². The molecule has 0 bridgehead atoms. The van der Waals surface area contributed by atoms with Gasteiger partial charge in [-0.25, -0.2) is 0 Å². The molecule has 0 unspecified atom stereocenters. The molecule has 0 heterocycles. The Morgan fingerprint density at radius 1 is 0.333 bits per heavy atom. The van der Waals surface area contributed by atoms with Crippen molar-refractivity contribution >= 4 is 13.3 Å². The van der Waals surface area contributed by atoms with Crippen LogP contribution >= 0.6 is 0 Å². The zero-order valence-electron chi connectivity index (χ0n) is 20.1. The molecule has 0 nitrogen and oxygen atoms in total. The first-order valence-electron chi connectivity index (χ1n) is 13.1. The van der Waals surface area contributed by atoms with Gasteiger partial charge in [-0.2, -0.15) is 0 Å². The predicted octanol–water partition coefficient (Wildman–Crippen LogP) is 10.5. The standard InChI is InChI=1S/C26H56Ge/c1-5-6-7-8-9-10-11-12-13-14-15-16-17-18-19-20-21-22-23-24-25-26-27(2,3)4/h5-26H2,1-4H3. The number of hydrogen-bond acceptors (Lipinski definition) is 0. The molecular formula is C26H56Ge. The number of hydrogen-bond donors (Lipinski definition) is 0. The van der Waals surface area contributed by atoms with Crippen molar-refractivity contribution in [3.63, 3.8) is 0 Å².